The molecule has 2 aromatic rings. The second-order valence-corrected chi connectivity index (χ2v) is 8.25. The van der Waals surface area contributed by atoms with E-state index in [2.05, 4.69) is 4.74 Å². The number of alkyl halides is 3. The number of ether oxygens (including phenoxy) is 3. The Morgan fingerprint density at radius 2 is 1.59 bits per heavy atom. The molecule has 1 heterocycles. The molecule has 0 spiro atoms. The molecule has 0 aliphatic carbocycles. The van der Waals surface area contributed by atoms with Gasteiger partial charge >= 0.3 is 18.4 Å². The molecule has 0 unspecified atom stereocenters. The van der Waals surface area contributed by atoms with E-state index < -0.39 is 24.0 Å². The summed E-state index contributed by atoms with van der Waals surface area (Å²) in [6, 6.07) is 9.38. The number of hydrogen-bond donors (Lipinski definition) is 1. The Hall–Kier alpha value is -3.43. The number of amides is 1. The second kappa shape index (κ2) is 8.60. The molecule has 0 radical (unpaired) electrons. The van der Waals surface area contributed by atoms with Crippen molar-refractivity contribution in [2.24, 2.45) is 0 Å². The van der Waals surface area contributed by atoms with Crippen LogP contribution in [0.15, 0.2) is 42.5 Å². The summed E-state index contributed by atoms with van der Waals surface area (Å²) in [6.07, 6.45) is -5.61. The van der Waals surface area contributed by atoms with Gasteiger partial charge < -0.3 is 24.2 Å². The van der Waals surface area contributed by atoms with Crippen LogP contribution in [-0.4, -0.2) is 53.2 Å². The molecular weight excluding hydrogens is 431 g/mol. The molecule has 1 aliphatic rings. The van der Waals surface area contributed by atoms with E-state index >= 15 is 0 Å². The number of carboxylic acid groups (broad SMARTS) is 1. The van der Waals surface area contributed by atoms with E-state index in [-0.39, 0.29) is 36.3 Å². The Morgan fingerprint density at radius 1 is 0.969 bits per heavy atom. The molecule has 2 aromatic carbocycles. The van der Waals surface area contributed by atoms with Gasteiger partial charge in [-0.2, -0.15) is 0 Å². The van der Waals surface area contributed by atoms with Crippen molar-refractivity contribution in [2.75, 3.05) is 13.1 Å². The highest BCUT2D eigenvalue weighted by atomic mass is 19.4. The lowest BCUT2D eigenvalue weighted by Gasteiger charge is -2.39. The summed E-state index contributed by atoms with van der Waals surface area (Å²) in [5.41, 5.74) is 0.267. The predicted molar refractivity (Wildman–Crippen MR) is 108 cm³/mol. The van der Waals surface area contributed by atoms with Crippen LogP contribution in [0.1, 0.15) is 31.1 Å². The zero-order valence-corrected chi connectivity index (χ0v) is 17.6. The number of aromatic carboxylic acids is 1. The molecule has 1 N–H and O–H groups in total. The van der Waals surface area contributed by atoms with Crippen molar-refractivity contribution in [3.05, 3.63) is 48.0 Å². The van der Waals surface area contributed by atoms with Gasteiger partial charge in [0.15, 0.2) is 0 Å². The van der Waals surface area contributed by atoms with Gasteiger partial charge in [0.05, 0.1) is 18.7 Å². The van der Waals surface area contributed by atoms with Crippen molar-refractivity contribution >= 4 is 12.1 Å². The van der Waals surface area contributed by atoms with E-state index in [1.807, 2.05) is 0 Å². The highest BCUT2D eigenvalue weighted by Crippen LogP contribution is 2.31. The van der Waals surface area contributed by atoms with Crippen LogP contribution in [-0.2, 0) is 4.74 Å². The van der Waals surface area contributed by atoms with Gasteiger partial charge in [0, 0.05) is 0 Å². The monoisotopic (exact) mass is 453 g/mol. The van der Waals surface area contributed by atoms with Gasteiger partial charge in [-0.05, 0) is 62.2 Å². The summed E-state index contributed by atoms with van der Waals surface area (Å²) >= 11 is 0. The first-order valence-electron chi connectivity index (χ1n) is 9.68. The van der Waals surface area contributed by atoms with Crippen molar-refractivity contribution in [3.63, 3.8) is 0 Å². The van der Waals surface area contributed by atoms with Crippen molar-refractivity contribution in [1.82, 2.24) is 4.90 Å². The second-order valence-electron chi connectivity index (χ2n) is 8.25. The lowest BCUT2D eigenvalue weighted by Crippen LogP contribution is -2.57. The highest BCUT2D eigenvalue weighted by Gasteiger charge is 2.35. The van der Waals surface area contributed by atoms with Gasteiger partial charge in [-0.15, -0.1) is 13.2 Å². The number of halogens is 3. The quantitative estimate of drug-likeness (QED) is 0.690. The fraction of sp³-hybridized carbons (Fsp3) is 0.364. The minimum atomic E-state index is -4.80. The number of carbonyl (C=O) groups is 2. The number of hydrogen-bond acceptors (Lipinski definition) is 5. The van der Waals surface area contributed by atoms with E-state index in [0.29, 0.717) is 11.1 Å². The van der Waals surface area contributed by atoms with E-state index in [1.165, 1.54) is 29.2 Å². The van der Waals surface area contributed by atoms with Crippen LogP contribution in [0.3, 0.4) is 0 Å². The molecule has 0 saturated carbocycles. The Kier molecular flexibility index (Phi) is 6.25. The first kappa shape index (κ1) is 23.2. The van der Waals surface area contributed by atoms with Crippen LogP contribution in [0.4, 0.5) is 18.0 Å². The number of nitrogens with zero attached hydrogens (tertiary/aromatic N) is 1. The first-order chi connectivity index (χ1) is 14.8. The van der Waals surface area contributed by atoms with Crippen LogP contribution in [0.2, 0.25) is 0 Å². The molecule has 0 atom stereocenters. The topological polar surface area (TPSA) is 85.3 Å². The molecule has 1 saturated heterocycles. The minimum Gasteiger partial charge on any atom is -0.487 e. The molecule has 1 aliphatic heterocycles. The van der Waals surface area contributed by atoms with Gasteiger partial charge in [0.2, 0.25) is 0 Å². The van der Waals surface area contributed by atoms with E-state index in [4.69, 9.17) is 9.47 Å². The third kappa shape index (κ3) is 6.29. The highest BCUT2D eigenvalue weighted by molar-refractivity contribution is 5.90. The van der Waals surface area contributed by atoms with Crippen LogP contribution in [0.5, 0.6) is 11.5 Å². The van der Waals surface area contributed by atoms with Gasteiger partial charge in [-0.3, -0.25) is 0 Å². The molecule has 3 rings (SSSR count). The third-order valence-corrected chi connectivity index (χ3v) is 4.38. The summed E-state index contributed by atoms with van der Waals surface area (Å²) in [6.45, 7) is 5.86. The SMILES string of the molecule is CC(C)(C)OC(=O)N1CC(Oc2cc(C(=O)O)cc(-c3ccc(OC(F)(F)F)cc3)c2)C1. The molecule has 32 heavy (non-hydrogen) atoms. The summed E-state index contributed by atoms with van der Waals surface area (Å²) in [5.74, 6) is -1.30. The standard InChI is InChI=1S/C22H22F3NO6/c1-21(2,3)32-20(29)26-11-18(12-26)30-17-9-14(8-15(10-17)19(27)28)13-4-6-16(7-5-13)31-22(23,24)25/h4-10,18H,11-12H2,1-3H3,(H,27,28). The first-order valence-corrected chi connectivity index (χ1v) is 9.68. The fourth-order valence-electron chi connectivity index (χ4n) is 2.99. The summed E-state index contributed by atoms with van der Waals surface area (Å²) in [5, 5.41) is 9.41. The van der Waals surface area contributed by atoms with Crippen molar-refractivity contribution in [3.8, 4) is 22.6 Å². The minimum absolute atomic E-state index is 0.0450. The number of benzene rings is 2. The molecular formula is C22H22F3NO6. The maximum Gasteiger partial charge on any atom is 0.573 e. The molecule has 0 bridgehead atoms. The molecule has 7 nitrogen and oxygen atoms in total. The summed E-state index contributed by atoms with van der Waals surface area (Å²) in [7, 11) is 0. The number of carbonyl (C=O) groups excluding carboxylic acids is 1. The molecule has 0 aromatic heterocycles. The molecule has 1 amide bonds. The molecule has 10 heteroatoms. The maximum absolute atomic E-state index is 12.3. The van der Waals surface area contributed by atoms with Gasteiger partial charge in [0.25, 0.3) is 0 Å². The molecule has 172 valence electrons. The summed E-state index contributed by atoms with van der Waals surface area (Å²) < 4.78 is 52.0. The lowest BCUT2D eigenvalue weighted by molar-refractivity contribution is -0.274. The molecule has 1 fully saturated rings. The largest absolute Gasteiger partial charge is 0.573 e. The number of likely N-dealkylation sites (tertiary alicyclic amines) is 1. The number of carboxylic acids is 1. The van der Waals surface area contributed by atoms with Crippen LogP contribution >= 0.6 is 0 Å². The average Bonchev–Trinajstić information content (AvgIpc) is 2.61. The average molecular weight is 453 g/mol. The van der Waals surface area contributed by atoms with Crippen molar-refractivity contribution in [1.29, 1.82) is 0 Å². The zero-order chi connectivity index (χ0) is 23.7. The van der Waals surface area contributed by atoms with Crippen molar-refractivity contribution < 1.29 is 42.1 Å². The predicted octanol–water partition coefficient (Wildman–Crippen LogP) is 4.95. The smallest absolute Gasteiger partial charge is 0.487 e. The Labute approximate surface area is 182 Å². The van der Waals surface area contributed by atoms with E-state index in [0.717, 1.165) is 12.1 Å². The third-order valence-electron chi connectivity index (χ3n) is 4.38. The Balaban J connectivity index is 1.72. The van der Waals surface area contributed by atoms with Gasteiger partial charge in [-0.25, -0.2) is 9.59 Å². The zero-order valence-electron chi connectivity index (χ0n) is 17.6. The fourth-order valence-corrected chi connectivity index (χ4v) is 2.99. The van der Waals surface area contributed by atoms with Crippen molar-refractivity contribution in [2.45, 2.75) is 38.8 Å². The van der Waals surface area contributed by atoms with Crippen LogP contribution in [0.25, 0.3) is 11.1 Å². The summed E-state index contributed by atoms with van der Waals surface area (Å²) in [4.78, 5) is 25.0. The lowest BCUT2D eigenvalue weighted by atomic mass is 10.0. The maximum atomic E-state index is 12.3. The Morgan fingerprint density at radius 3 is 2.12 bits per heavy atom. The number of rotatable bonds is 5. The van der Waals surface area contributed by atoms with Crippen LogP contribution in [0, 0.1) is 0 Å². The van der Waals surface area contributed by atoms with Gasteiger partial charge in [-0.1, -0.05) is 12.1 Å². The van der Waals surface area contributed by atoms with E-state index in [9.17, 15) is 27.9 Å². The Bertz CT molecular complexity index is 992. The van der Waals surface area contributed by atoms with E-state index in [1.54, 1.807) is 26.8 Å². The van der Waals surface area contributed by atoms with Gasteiger partial charge in [0.1, 0.15) is 23.2 Å². The van der Waals surface area contributed by atoms with Crippen LogP contribution < -0.4 is 9.47 Å². The normalized spacial score (nSPS) is 14.5.